The molecule has 0 fully saturated rings. The lowest BCUT2D eigenvalue weighted by atomic mass is 10.1. The van der Waals surface area contributed by atoms with Crippen LogP contribution in [0.4, 0.5) is 0 Å². The van der Waals surface area contributed by atoms with Crippen LogP contribution in [0, 0.1) is 12.8 Å². The number of sulfonamides is 1. The number of rotatable bonds is 10. The molecule has 0 amide bonds. The lowest BCUT2D eigenvalue weighted by Gasteiger charge is -2.18. The van der Waals surface area contributed by atoms with Crippen LogP contribution >= 0.6 is 15.9 Å². The van der Waals surface area contributed by atoms with Crippen LogP contribution < -0.4 is 14.2 Å². The van der Waals surface area contributed by atoms with Crippen LogP contribution in [0.2, 0.25) is 0 Å². The van der Waals surface area contributed by atoms with E-state index < -0.39 is 28.0 Å². The van der Waals surface area contributed by atoms with E-state index in [2.05, 4.69) is 20.7 Å². The number of fused-ring (bicyclic) bond motifs is 1. The first-order chi connectivity index (χ1) is 18.0. The fourth-order valence-corrected chi connectivity index (χ4v) is 5.92. The van der Waals surface area contributed by atoms with Crippen molar-refractivity contribution in [1.82, 2.24) is 4.72 Å². The van der Waals surface area contributed by atoms with E-state index in [1.165, 1.54) is 12.1 Å². The van der Waals surface area contributed by atoms with Crippen LogP contribution in [-0.4, -0.2) is 32.6 Å². The minimum Gasteiger partial charge on any atom is -0.495 e. The number of nitrogens with one attached hydrogen (secondary N) is 1. The highest BCUT2D eigenvalue weighted by Gasteiger charge is 2.28. The Morgan fingerprint density at radius 2 is 1.63 bits per heavy atom. The van der Waals surface area contributed by atoms with E-state index in [0.717, 1.165) is 37.9 Å². The van der Waals surface area contributed by atoms with Crippen molar-refractivity contribution in [3.8, 4) is 22.6 Å². The number of carboxylic acids is 1. The summed E-state index contributed by atoms with van der Waals surface area (Å²) in [5.41, 5.74) is 3.34. The van der Waals surface area contributed by atoms with Crippen molar-refractivity contribution in [2.45, 2.75) is 38.3 Å². The minimum absolute atomic E-state index is 0.00188. The number of ether oxygens (including phenoxy) is 2. The van der Waals surface area contributed by atoms with Crippen molar-refractivity contribution in [2.24, 2.45) is 5.92 Å². The van der Waals surface area contributed by atoms with Crippen LogP contribution in [0.25, 0.3) is 22.1 Å². The van der Waals surface area contributed by atoms with Gasteiger partial charge in [0, 0.05) is 5.56 Å². The summed E-state index contributed by atoms with van der Waals surface area (Å²) in [6, 6.07) is 16.2. The Balaban J connectivity index is 1.45. The standard InChI is InChI=1S/C28H28BrNO7S/c1-16(2)26(28(31)32)30-38(33,34)21-11-7-19(8-12-21)18-5-9-20(10-6-18)36-15-24-17(3)25-23(37-24)14-13-22(29)27(25)35-4/h5-14,16,26,30H,15H2,1-4H3,(H,31,32)/t26-/m0/s1. The molecule has 3 aromatic carbocycles. The Hall–Kier alpha value is -3.34. The number of hydrogen-bond donors (Lipinski definition) is 2. The molecule has 4 rings (SSSR count). The number of benzene rings is 3. The highest BCUT2D eigenvalue weighted by molar-refractivity contribution is 9.10. The fraction of sp³-hybridized carbons (Fsp3) is 0.250. The van der Waals surface area contributed by atoms with Crippen molar-refractivity contribution in [3.63, 3.8) is 0 Å². The molecule has 0 bridgehead atoms. The Bertz CT molecular complexity index is 1560. The number of aliphatic carboxylic acids is 1. The Kier molecular flexibility index (Phi) is 8.15. The highest BCUT2D eigenvalue weighted by Crippen LogP contribution is 2.38. The molecule has 1 aromatic heterocycles. The zero-order chi connectivity index (χ0) is 27.6. The number of furan rings is 1. The van der Waals surface area contributed by atoms with Gasteiger partial charge < -0.3 is 19.0 Å². The molecule has 38 heavy (non-hydrogen) atoms. The van der Waals surface area contributed by atoms with Crippen molar-refractivity contribution in [2.75, 3.05) is 7.11 Å². The average Bonchev–Trinajstić information content (AvgIpc) is 3.21. The second-order valence-corrected chi connectivity index (χ2v) is 11.7. The van der Waals surface area contributed by atoms with Gasteiger partial charge in [0.1, 0.15) is 35.5 Å². The molecule has 0 aliphatic rings. The maximum atomic E-state index is 12.7. The van der Waals surface area contributed by atoms with Crippen molar-refractivity contribution < 1.29 is 32.2 Å². The molecule has 0 unspecified atom stereocenters. The third-order valence-corrected chi connectivity index (χ3v) is 8.32. The van der Waals surface area contributed by atoms with Gasteiger partial charge in [-0.3, -0.25) is 4.79 Å². The van der Waals surface area contributed by atoms with Gasteiger partial charge in [0.25, 0.3) is 0 Å². The number of hydrogen-bond acceptors (Lipinski definition) is 6. The first kappa shape index (κ1) is 27.7. The van der Waals surface area contributed by atoms with E-state index in [1.807, 2.05) is 43.3 Å². The average molecular weight is 603 g/mol. The lowest BCUT2D eigenvalue weighted by Crippen LogP contribution is -2.44. The van der Waals surface area contributed by atoms with Gasteiger partial charge in [-0.2, -0.15) is 4.72 Å². The molecule has 0 aliphatic heterocycles. The molecule has 10 heteroatoms. The SMILES string of the molecule is COc1c(Br)ccc2oc(COc3ccc(-c4ccc(S(=O)(=O)N[C@H](C(=O)O)C(C)C)cc4)cc3)c(C)c12. The summed E-state index contributed by atoms with van der Waals surface area (Å²) in [7, 11) is -2.36. The van der Waals surface area contributed by atoms with Crippen molar-refractivity contribution >= 4 is 42.9 Å². The van der Waals surface area contributed by atoms with E-state index in [-0.39, 0.29) is 11.5 Å². The fourth-order valence-electron chi connectivity index (χ4n) is 4.09. The van der Waals surface area contributed by atoms with E-state index >= 15 is 0 Å². The highest BCUT2D eigenvalue weighted by atomic mass is 79.9. The summed E-state index contributed by atoms with van der Waals surface area (Å²) >= 11 is 3.50. The molecule has 4 aromatic rings. The molecule has 0 aliphatic carbocycles. The number of aryl methyl sites for hydroxylation is 1. The van der Waals surface area contributed by atoms with Crippen LogP contribution in [0.3, 0.4) is 0 Å². The molecule has 8 nitrogen and oxygen atoms in total. The van der Waals surface area contributed by atoms with Gasteiger partial charge in [-0.1, -0.05) is 38.1 Å². The summed E-state index contributed by atoms with van der Waals surface area (Å²) in [5.74, 6) is 0.455. The molecule has 0 radical (unpaired) electrons. The van der Waals surface area contributed by atoms with Gasteiger partial charge in [-0.15, -0.1) is 0 Å². The predicted molar refractivity (Wildman–Crippen MR) is 148 cm³/mol. The summed E-state index contributed by atoms with van der Waals surface area (Å²) < 4.78 is 45.9. The first-order valence-electron chi connectivity index (χ1n) is 11.8. The van der Waals surface area contributed by atoms with Gasteiger partial charge >= 0.3 is 5.97 Å². The smallest absolute Gasteiger partial charge is 0.322 e. The predicted octanol–water partition coefficient (Wildman–Crippen LogP) is 6.15. The van der Waals surface area contributed by atoms with Gasteiger partial charge in [0.05, 0.1) is 21.9 Å². The van der Waals surface area contributed by atoms with Gasteiger partial charge in [0.15, 0.2) is 0 Å². The summed E-state index contributed by atoms with van der Waals surface area (Å²) in [5, 5.41) is 10.2. The molecular formula is C28H28BrNO7S. The number of halogens is 1. The Morgan fingerprint density at radius 1 is 1.03 bits per heavy atom. The molecule has 0 spiro atoms. The zero-order valence-electron chi connectivity index (χ0n) is 21.3. The van der Waals surface area contributed by atoms with E-state index in [9.17, 15) is 18.3 Å². The summed E-state index contributed by atoms with van der Waals surface area (Å²) in [6.07, 6.45) is 0. The van der Waals surface area contributed by atoms with Crippen molar-refractivity contribution in [3.05, 3.63) is 76.5 Å². The molecule has 200 valence electrons. The second-order valence-electron chi connectivity index (χ2n) is 9.12. The first-order valence-corrected chi connectivity index (χ1v) is 14.1. The largest absolute Gasteiger partial charge is 0.495 e. The topological polar surface area (TPSA) is 115 Å². The maximum absolute atomic E-state index is 12.7. The van der Waals surface area contributed by atoms with Gasteiger partial charge in [0.2, 0.25) is 10.0 Å². The number of carboxylic acid groups (broad SMARTS) is 1. The molecular weight excluding hydrogens is 574 g/mol. The van der Waals surface area contributed by atoms with Crippen LogP contribution in [0.5, 0.6) is 11.5 Å². The third kappa shape index (κ3) is 5.72. The normalized spacial score (nSPS) is 12.6. The number of methoxy groups -OCH3 is 1. The number of carbonyl (C=O) groups is 1. The molecule has 2 N–H and O–H groups in total. The van der Waals surface area contributed by atoms with Crippen molar-refractivity contribution in [1.29, 1.82) is 0 Å². The molecule has 0 saturated heterocycles. The molecule has 1 atom stereocenters. The quantitative estimate of drug-likeness (QED) is 0.224. The van der Waals surface area contributed by atoms with Crippen LogP contribution in [-0.2, 0) is 21.4 Å². The van der Waals surface area contributed by atoms with E-state index in [4.69, 9.17) is 13.9 Å². The Labute approximate surface area is 229 Å². The molecule has 0 saturated carbocycles. The minimum atomic E-state index is -3.98. The summed E-state index contributed by atoms with van der Waals surface area (Å²) in [4.78, 5) is 11.4. The maximum Gasteiger partial charge on any atom is 0.322 e. The van der Waals surface area contributed by atoms with Gasteiger partial charge in [-0.25, -0.2) is 8.42 Å². The van der Waals surface area contributed by atoms with E-state index in [0.29, 0.717) is 11.5 Å². The lowest BCUT2D eigenvalue weighted by molar-refractivity contribution is -0.140. The van der Waals surface area contributed by atoms with Crippen LogP contribution in [0.1, 0.15) is 25.2 Å². The van der Waals surface area contributed by atoms with E-state index in [1.54, 1.807) is 33.1 Å². The second kappa shape index (κ2) is 11.2. The zero-order valence-corrected chi connectivity index (χ0v) is 23.7. The molecule has 1 heterocycles. The Morgan fingerprint density at radius 3 is 2.18 bits per heavy atom. The van der Waals surface area contributed by atoms with Crippen LogP contribution in [0.15, 0.2) is 74.4 Å². The summed E-state index contributed by atoms with van der Waals surface area (Å²) in [6.45, 7) is 5.50. The monoisotopic (exact) mass is 601 g/mol. The third-order valence-electron chi connectivity index (χ3n) is 6.24. The van der Waals surface area contributed by atoms with Gasteiger partial charge in [-0.05, 0) is 76.3 Å².